The summed E-state index contributed by atoms with van der Waals surface area (Å²) >= 11 is 0. The van der Waals surface area contributed by atoms with Gasteiger partial charge in [-0.2, -0.15) is 0 Å². The lowest BCUT2D eigenvalue weighted by Crippen LogP contribution is -2.50. The van der Waals surface area contributed by atoms with Crippen molar-refractivity contribution in [1.29, 1.82) is 0 Å². The van der Waals surface area contributed by atoms with Crippen LogP contribution >= 0.6 is 0 Å². The molecule has 0 radical (unpaired) electrons. The van der Waals surface area contributed by atoms with Crippen molar-refractivity contribution in [3.8, 4) is 0 Å². The molecule has 0 atom stereocenters. The Labute approximate surface area is 89.7 Å². The third kappa shape index (κ3) is 3.27. The van der Waals surface area contributed by atoms with Gasteiger partial charge in [-0.1, -0.05) is 20.8 Å². The van der Waals surface area contributed by atoms with E-state index in [0.29, 0.717) is 11.5 Å². The van der Waals surface area contributed by atoms with Crippen molar-refractivity contribution in [2.75, 3.05) is 0 Å². The van der Waals surface area contributed by atoms with Crippen LogP contribution in [0.1, 0.15) is 60.3 Å². The molecule has 0 spiro atoms. The maximum Gasteiger partial charge on any atom is 0.0150 e. The van der Waals surface area contributed by atoms with Crippen molar-refractivity contribution < 1.29 is 0 Å². The highest BCUT2D eigenvalue weighted by Crippen LogP contribution is 2.26. The smallest absolute Gasteiger partial charge is 0.0150 e. The molecule has 1 fully saturated rings. The summed E-state index contributed by atoms with van der Waals surface area (Å²) in [5, 5.41) is 3.82. The molecule has 0 aromatic heterocycles. The lowest BCUT2D eigenvalue weighted by Gasteiger charge is -2.38. The van der Waals surface area contributed by atoms with Gasteiger partial charge < -0.3 is 5.32 Å². The fraction of sp³-hybridized carbons (Fsp3) is 1.00. The molecule has 1 N–H and O–H groups in total. The number of nitrogens with one attached hydrogen (secondary N) is 1. The molecule has 1 heteroatoms. The minimum Gasteiger partial charge on any atom is -0.309 e. The standard InChI is InChI=1S/C13H27N/c1-10(2)13(4,5)14-12-8-6-11(3)7-9-12/h10-12,14H,6-9H2,1-5H3. The molecule has 0 aromatic carbocycles. The molecule has 0 amide bonds. The summed E-state index contributed by atoms with van der Waals surface area (Å²) in [7, 11) is 0. The van der Waals surface area contributed by atoms with Crippen LogP contribution in [0.4, 0.5) is 0 Å². The average Bonchev–Trinajstić information content (AvgIpc) is 2.08. The second-order valence-corrected chi connectivity index (χ2v) is 5.98. The minimum absolute atomic E-state index is 0.297. The lowest BCUT2D eigenvalue weighted by atomic mass is 9.84. The van der Waals surface area contributed by atoms with Gasteiger partial charge in [-0.3, -0.25) is 0 Å². The zero-order valence-electron chi connectivity index (χ0n) is 10.6. The van der Waals surface area contributed by atoms with E-state index in [-0.39, 0.29) is 0 Å². The van der Waals surface area contributed by atoms with E-state index in [1.54, 1.807) is 0 Å². The molecule has 0 bridgehead atoms. The molecule has 84 valence electrons. The van der Waals surface area contributed by atoms with E-state index in [2.05, 4.69) is 39.9 Å². The molecule has 1 saturated carbocycles. The van der Waals surface area contributed by atoms with E-state index in [9.17, 15) is 0 Å². The van der Waals surface area contributed by atoms with Crippen molar-refractivity contribution in [1.82, 2.24) is 5.32 Å². The first-order valence-electron chi connectivity index (χ1n) is 6.19. The molecule has 0 saturated heterocycles. The van der Waals surface area contributed by atoms with Crippen molar-refractivity contribution in [3.05, 3.63) is 0 Å². The summed E-state index contributed by atoms with van der Waals surface area (Å²) in [6.45, 7) is 11.6. The van der Waals surface area contributed by atoms with Gasteiger partial charge >= 0.3 is 0 Å². The van der Waals surface area contributed by atoms with Crippen molar-refractivity contribution in [2.45, 2.75) is 71.9 Å². The Morgan fingerprint density at radius 2 is 1.57 bits per heavy atom. The molecular formula is C13H27N. The van der Waals surface area contributed by atoms with E-state index in [1.165, 1.54) is 25.7 Å². The van der Waals surface area contributed by atoms with Gasteiger partial charge in [-0.15, -0.1) is 0 Å². The molecule has 1 rings (SSSR count). The predicted octanol–water partition coefficient (Wildman–Crippen LogP) is 3.59. The molecule has 0 heterocycles. The van der Waals surface area contributed by atoms with Gasteiger partial charge in [0, 0.05) is 11.6 Å². The predicted molar refractivity (Wildman–Crippen MR) is 63.5 cm³/mol. The van der Waals surface area contributed by atoms with Crippen LogP contribution in [0.25, 0.3) is 0 Å². The van der Waals surface area contributed by atoms with Crippen molar-refractivity contribution in [2.24, 2.45) is 11.8 Å². The zero-order chi connectivity index (χ0) is 10.8. The molecule has 1 nitrogen and oxygen atoms in total. The van der Waals surface area contributed by atoms with Gasteiger partial charge in [-0.05, 0) is 51.4 Å². The minimum atomic E-state index is 0.297. The Hall–Kier alpha value is -0.0400. The van der Waals surface area contributed by atoms with Crippen LogP contribution in [-0.2, 0) is 0 Å². The second-order valence-electron chi connectivity index (χ2n) is 5.98. The van der Waals surface area contributed by atoms with Gasteiger partial charge in [0.15, 0.2) is 0 Å². The number of hydrogen-bond donors (Lipinski definition) is 1. The summed E-state index contributed by atoms with van der Waals surface area (Å²) in [6, 6.07) is 0.767. The lowest BCUT2D eigenvalue weighted by molar-refractivity contribution is 0.208. The van der Waals surface area contributed by atoms with Crippen molar-refractivity contribution in [3.63, 3.8) is 0 Å². The molecule has 14 heavy (non-hydrogen) atoms. The van der Waals surface area contributed by atoms with E-state index in [4.69, 9.17) is 0 Å². The van der Waals surface area contributed by atoms with Crippen molar-refractivity contribution >= 4 is 0 Å². The van der Waals surface area contributed by atoms with Crippen LogP contribution in [0.5, 0.6) is 0 Å². The van der Waals surface area contributed by atoms with Crippen LogP contribution in [0.2, 0.25) is 0 Å². The van der Waals surface area contributed by atoms with Crippen LogP contribution in [-0.4, -0.2) is 11.6 Å². The summed E-state index contributed by atoms with van der Waals surface area (Å²) in [5.41, 5.74) is 0.297. The van der Waals surface area contributed by atoms with E-state index < -0.39 is 0 Å². The molecule has 0 aliphatic heterocycles. The Kier molecular flexibility index (Phi) is 4.00. The fourth-order valence-electron chi connectivity index (χ4n) is 2.10. The van der Waals surface area contributed by atoms with E-state index in [1.807, 2.05) is 0 Å². The van der Waals surface area contributed by atoms with Gasteiger partial charge in [-0.25, -0.2) is 0 Å². The first kappa shape index (κ1) is 12.0. The fourth-order valence-corrected chi connectivity index (χ4v) is 2.10. The van der Waals surface area contributed by atoms with Crippen LogP contribution < -0.4 is 5.32 Å². The summed E-state index contributed by atoms with van der Waals surface area (Å²) in [5.74, 6) is 1.66. The summed E-state index contributed by atoms with van der Waals surface area (Å²) in [4.78, 5) is 0. The Morgan fingerprint density at radius 1 is 1.07 bits per heavy atom. The van der Waals surface area contributed by atoms with Gasteiger partial charge in [0.2, 0.25) is 0 Å². The maximum atomic E-state index is 3.82. The quantitative estimate of drug-likeness (QED) is 0.729. The molecular weight excluding hydrogens is 170 g/mol. The Balaban J connectivity index is 2.37. The highest BCUT2D eigenvalue weighted by Gasteiger charge is 2.27. The molecule has 1 aliphatic rings. The summed E-state index contributed by atoms with van der Waals surface area (Å²) in [6.07, 6.45) is 5.56. The highest BCUT2D eigenvalue weighted by atomic mass is 15.0. The second kappa shape index (κ2) is 4.65. The normalized spacial score (nSPS) is 29.6. The van der Waals surface area contributed by atoms with Crippen LogP contribution in [0.15, 0.2) is 0 Å². The van der Waals surface area contributed by atoms with Crippen LogP contribution in [0, 0.1) is 11.8 Å². The third-order valence-electron chi connectivity index (χ3n) is 4.04. The monoisotopic (exact) mass is 197 g/mol. The molecule has 0 aromatic rings. The van der Waals surface area contributed by atoms with Crippen LogP contribution in [0.3, 0.4) is 0 Å². The first-order chi connectivity index (χ1) is 6.42. The van der Waals surface area contributed by atoms with Gasteiger partial charge in [0.1, 0.15) is 0 Å². The van der Waals surface area contributed by atoms with Gasteiger partial charge in [0.25, 0.3) is 0 Å². The average molecular weight is 197 g/mol. The third-order valence-corrected chi connectivity index (χ3v) is 4.04. The topological polar surface area (TPSA) is 12.0 Å². The maximum absolute atomic E-state index is 3.82. The zero-order valence-corrected chi connectivity index (χ0v) is 10.6. The first-order valence-corrected chi connectivity index (χ1v) is 6.19. The largest absolute Gasteiger partial charge is 0.309 e. The molecule has 0 unspecified atom stereocenters. The number of rotatable bonds is 3. The SMILES string of the molecule is CC1CCC(NC(C)(C)C(C)C)CC1. The Bertz CT molecular complexity index is 164. The highest BCUT2D eigenvalue weighted by molar-refractivity contribution is 4.87. The van der Waals surface area contributed by atoms with Gasteiger partial charge in [0.05, 0.1) is 0 Å². The van der Waals surface area contributed by atoms with E-state index in [0.717, 1.165) is 12.0 Å². The summed E-state index contributed by atoms with van der Waals surface area (Å²) < 4.78 is 0. The molecule has 1 aliphatic carbocycles. The van der Waals surface area contributed by atoms with E-state index >= 15 is 0 Å². The Morgan fingerprint density at radius 3 is 2.00 bits per heavy atom. The number of hydrogen-bond acceptors (Lipinski definition) is 1.